The Morgan fingerprint density at radius 3 is 2.84 bits per heavy atom. The number of para-hydroxylation sites is 2. The highest BCUT2D eigenvalue weighted by Gasteiger charge is 1.99. The van der Waals surface area contributed by atoms with E-state index in [1.165, 1.54) is 0 Å². The third-order valence-electron chi connectivity index (χ3n) is 2.69. The molecule has 19 heavy (non-hydrogen) atoms. The first-order valence-electron chi connectivity index (χ1n) is 5.77. The molecule has 0 aliphatic carbocycles. The van der Waals surface area contributed by atoms with Gasteiger partial charge in [-0.2, -0.15) is 0 Å². The van der Waals surface area contributed by atoms with Crippen molar-refractivity contribution >= 4 is 28.9 Å². The first-order chi connectivity index (χ1) is 9.35. The third-order valence-corrected chi connectivity index (χ3v) is 2.69. The molecule has 1 N–H and O–H groups in total. The maximum absolute atomic E-state index is 10.4. The fraction of sp³-hybridized carbons (Fsp3) is 0. The summed E-state index contributed by atoms with van der Waals surface area (Å²) >= 11 is 0. The van der Waals surface area contributed by atoms with Crippen LogP contribution in [0.1, 0.15) is 5.56 Å². The van der Waals surface area contributed by atoms with Gasteiger partial charge in [0.05, 0.1) is 11.0 Å². The molecule has 0 unspecified atom stereocenters. The lowest BCUT2D eigenvalue weighted by atomic mass is 10.2. The summed E-state index contributed by atoms with van der Waals surface area (Å²) in [4.78, 5) is 22.1. The van der Waals surface area contributed by atoms with E-state index in [0.29, 0.717) is 11.6 Å². The van der Waals surface area contributed by atoms with Gasteiger partial charge in [0.2, 0.25) is 5.95 Å². The van der Waals surface area contributed by atoms with E-state index < -0.39 is 0 Å². The third kappa shape index (κ3) is 2.40. The maximum Gasteiger partial charge on any atom is 0.227 e. The lowest BCUT2D eigenvalue weighted by Gasteiger charge is -1.92. The number of aromatic amines is 1. The molecule has 0 bridgehead atoms. The molecule has 1 aromatic heterocycles. The minimum absolute atomic E-state index is 0.383. The molecule has 0 spiro atoms. The topological polar surface area (TPSA) is 70.5 Å². The quantitative estimate of drug-likeness (QED) is 0.568. The molecule has 3 rings (SSSR count). The second kappa shape index (κ2) is 4.81. The fourth-order valence-electron chi connectivity index (χ4n) is 1.80. The van der Waals surface area contributed by atoms with Crippen molar-refractivity contribution in [2.45, 2.75) is 0 Å². The lowest BCUT2D eigenvalue weighted by Crippen LogP contribution is -1.79. The fourth-order valence-corrected chi connectivity index (χ4v) is 1.80. The van der Waals surface area contributed by atoms with Crippen molar-refractivity contribution in [2.75, 3.05) is 0 Å². The van der Waals surface area contributed by atoms with Crippen molar-refractivity contribution in [3.63, 3.8) is 0 Å². The number of hydrogen-bond donors (Lipinski definition) is 1. The average molecular weight is 250 g/mol. The molecule has 3 aromatic rings. The van der Waals surface area contributed by atoms with E-state index in [4.69, 9.17) is 0 Å². The molecule has 0 fully saturated rings. The van der Waals surface area contributed by atoms with Crippen molar-refractivity contribution in [3.05, 3.63) is 59.0 Å². The van der Waals surface area contributed by atoms with E-state index in [-0.39, 0.29) is 0 Å². The summed E-state index contributed by atoms with van der Waals surface area (Å²) in [7, 11) is 0. The highest BCUT2D eigenvalue weighted by Crippen LogP contribution is 2.16. The second-order valence-electron chi connectivity index (χ2n) is 4.02. The van der Waals surface area contributed by atoms with Crippen LogP contribution < -0.4 is 0 Å². The van der Waals surface area contributed by atoms with Gasteiger partial charge in [0.15, 0.2) is 0 Å². The van der Waals surface area contributed by atoms with Crippen LogP contribution in [0, 0.1) is 4.91 Å². The number of aromatic nitrogens is 2. The number of H-pyrrole nitrogens is 1. The van der Waals surface area contributed by atoms with Crippen molar-refractivity contribution in [2.24, 2.45) is 10.2 Å². The Labute approximate surface area is 109 Å². The van der Waals surface area contributed by atoms with Crippen LogP contribution in [0.3, 0.4) is 0 Å². The summed E-state index contributed by atoms with van der Waals surface area (Å²) in [5.41, 5.74) is 3.00. The van der Waals surface area contributed by atoms with Crippen LogP contribution in [0.15, 0.2) is 58.7 Å². The van der Waals surface area contributed by atoms with Crippen molar-refractivity contribution in [1.82, 2.24) is 9.97 Å². The normalized spacial score (nSPS) is 11.2. The van der Waals surface area contributed by atoms with Crippen LogP contribution in [0.5, 0.6) is 0 Å². The summed E-state index contributed by atoms with van der Waals surface area (Å²) in [6.45, 7) is 0. The molecule has 0 amide bonds. The Hall–Kier alpha value is -2.82. The SMILES string of the molecule is O=Nc1cccc(C=Nc2nc3ccccc3[nH]2)c1. The average Bonchev–Trinajstić information content (AvgIpc) is 2.88. The maximum atomic E-state index is 10.4. The zero-order valence-corrected chi connectivity index (χ0v) is 9.95. The molecule has 1 heterocycles. The van der Waals surface area contributed by atoms with Crippen molar-refractivity contribution in [1.29, 1.82) is 0 Å². The van der Waals surface area contributed by atoms with Gasteiger partial charge in [-0.25, -0.2) is 9.98 Å². The molecule has 0 radical (unpaired) electrons. The Balaban J connectivity index is 1.90. The highest BCUT2D eigenvalue weighted by molar-refractivity contribution is 5.84. The summed E-state index contributed by atoms with van der Waals surface area (Å²) in [5.74, 6) is 0.533. The van der Waals surface area contributed by atoms with Gasteiger partial charge in [-0.3, -0.25) is 0 Å². The standard InChI is InChI=1S/C14H10N4O/c19-18-11-5-3-4-10(8-11)9-15-14-16-12-6-1-2-7-13(12)17-14/h1-9H,(H,16,17). The molecule has 0 aliphatic rings. The van der Waals surface area contributed by atoms with E-state index in [2.05, 4.69) is 20.1 Å². The minimum Gasteiger partial charge on any atom is -0.322 e. The number of imidazole rings is 1. The number of nitroso groups, excluding NO2 is 1. The van der Waals surface area contributed by atoms with Gasteiger partial charge in [0, 0.05) is 6.21 Å². The molecule has 0 aliphatic heterocycles. The molecule has 5 nitrogen and oxygen atoms in total. The van der Waals surface area contributed by atoms with E-state index in [1.54, 1.807) is 24.4 Å². The number of benzene rings is 2. The molecule has 0 saturated carbocycles. The van der Waals surface area contributed by atoms with Crippen LogP contribution in [-0.4, -0.2) is 16.2 Å². The number of aliphatic imine (C=N–C) groups is 1. The van der Waals surface area contributed by atoms with E-state index >= 15 is 0 Å². The molecule has 0 saturated heterocycles. The molecule has 92 valence electrons. The van der Waals surface area contributed by atoms with E-state index in [0.717, 1.165) is 16.6 Å². The van der Waals surface area contributed by atoms with Gasteiger partial charge in [-0.15, -0.1) is 4.91 Å². The Kier molecular flexibility index (Phi) is 2.86. The predicted molar refractivity (Wildman–Crippen MR) is 75.2 cm³/mol. The molecule has 2 aromatic carbocycles. The van der Waals surface area contributed by atoms with Gasteiger partial charge >= 0.3 is 0 Å². The summed E-state index contributed by atoms with van der Waals surface area (Å²) in [6.07, 6.45) is 1.65. The Morgan fingerprint density at radius 1 is 1.11 bits per heavy atom. The molecule has 5 heteroatoms. The van der Waals surface area contributed by atoms with Gasteiger partial charge in [-0.1, -0.05) is 24.3 Å². The first kappa shape index (κ1) is 11.3. The number of fused-ring (bicyclic) bond motifs is 1. The number of nitrogens with one attached hydrogen (secondary N) is 1. The highest BCUT2D eigenvalue weighted by atomic mass is 16.3. The van der Waals surface area contributed by atoms with Crippen LogP contribution >= 0.6 is 0 Å². The monoisotopic (exact) mass is 250 g/mol. The second-order valence-corrected chi connectivity index (χ2v) is 4.02. The zero-order chi connectivity index (χ0) is 13.1. The molecular formula is C14H10N4O. The van der Waals surface area contributed by atoms with E-state index in [1.807, 2.05) is 30.3 Å². The largest absolute Gasteiger partial charge is 0.322 e. The van der Waals surface area contributed by atoms with Gasteiger partial charge in [-0.05, 0) is 35.0 Å². The van der Waals surface area contributed by atoms with Gasteiger partial charge < -0.3 is 4.98 Å². The number of nitrogens with zero attached hydrogens (tertiary/aromatic N) is 3. The van der Waals surface area contributed by atoms with Gasteiger partial charge in [0.1, 0.15) is 5.69 Å². The van der Waals surface area contributed by atoms with Gasteiger partial charge in [0.25, 0.3) is 0 Å². The number of hydrogen-bond acceptors (Lipinski definition) is 4. The van der Waals surface area contributed by atoms with Crippen LogP contribution in [0.25, 0.3) is 11.0 Å². The number of rotatable bonds is 3. The van der Waals surface area contributed by atoms with Crippen molar-refractivity contribution in [3.8, 4) is 0 Å². The smallest absolute Gasteiger partial charge is 0.227 e. The van der Waals surface area contributed by atoms with E-state index in [9.17, 15) is 4.91 Å². The summed E-state index contributed by atoms with van der Waals surface area (Å²) in [5, 5.41) is 2.89. The van der Waals surface area contributed by atoms with Crippen LogP contribution in [-0.2, 0) is 0 Å². The first-order valence-corrected chi connectivity index (χ1v) is 5.77. The Morgan fingerprint density at radius 2 is 2.00 bits per heavy atom. The Bertz CT molecular complexity index is 728. The lowest BCUT2D eigenvalue weighted by molar-refractivity contribution is 1.27. The minimum atomic E-state index is 0.383. The molecule has 0 atom stereocenters. The van der Waals surface area contributed by atoms with Crippen LogP contribution in [0.2, 0.25) is 0 Å². The predicted octanol–water partition coefficient (Wildman–Crippen LogP) is 3.71. The zero-order valence-electron chi connectivity index (χ0n) is 9.95. The molecular weight excluding hydrogens is 240 g/mol. The summed E-state index contributed by atoms with van der Waals surface area (Å²) < 4.78 is 0. The van der Waals surface area contributed by atoms with Crippen molar-refractivity contribution < 1.29 is 0 Å². The van der Waals surface area contributed by atoms with Crippen LogP contribution in [0.4, 0.5) is 11.6 Å². The summed E-state index contributed by atoms with van der Waals surface area (Å²) in [6, 6.07) is 14.6.